The number of hydrogen-bond donors (Lipinski definition) is 1. The molecule has 2 rings (SSSR count). The second-order valence-electron chi connectivity index (χ2n) is 3.56. The number of furan rings is 1. The van der Waals surface area contributed by atoms with Crippen LogP contribution in [0.3, 0.4) is 0 Å². The number of esters is 1. The molecular formula is C10H13NO3. The molecule has 4 heteroatoms. The highest BCUT2D eigenvalue weighted by Crippen LogP contribution is 2.39. The van der Waals surface area contributed by atoms with E-state index in [1.165, 1.54) is 7.11 Å². The lowest BCUT2D eigenvalue weighted by Gasteiger charge is -2.05. The van der Waals surface area contributed by atoms with Crippen molar-refractivity contribution < 1.29 is 13.9 Å². The van der Waals surface area contributed by atoms with E-state index in [9.17, 15) is 4.79 Å². The molecule has 0 amide bonds. The molecule has 1 aliphatic carbocycles. The molecule has 0 aliphatic heterocycles. The van der Waals surface area contributed by atoms with Crippen LogP contribution < -0.4 is 5.73 Å². The van der Waals surface area contributed by atoms with Crippen molar-refractivity contribution >= 4 is 5.97 Å². The summed E-state index contributed by atoms with van der Waals surface area (Å²) < 4.78 is 9.83. The molecule has 1 aliphatic rings. The van der Waals surface area contributed by atoms with Gasteiger partial charge in [-0.05, 0) is 30.9 Å². The quantitative estimate of drug-likeness (QED) is 0.742. The summed E-state index contributed by atoms with van der Waals surface area (Å²) in [5.41, 5.74) is 5.91. The molecule has 1 aromatic rings. The molecule has 1 heterocycles. The fraction of sp³-hybridized carbons (Fsp3) is 0.500. The van der Waals surface area contributed by atoms with Gasteiger partial charge in [0.05, 0.1) is 13.2 Å². The van der Waals surface area contributed by atoms with Gasteiger partial charge in [0, 0.05) is 0 Å². The van der Waals surface area contributed by atoms with Gasteiger partial charge < -0.3 is 14.9 Å². The summed E-state index contributed by atoms with van der Waals surface area (Å²) in [6.07, 6.45) is 2.30. The van der Waals surface area contributed by atoms with Crippen LogP contribution in [0.4, 0.5) is 0 Å². The average Bonchev–Trinajstić information content (AvgIpc) is 2.93. The Morgan fingerprint density at radius 1 is 1.64 bits per heavy atom. The maximum atomic E-state index is 11.1. The molecular weight excluding hydrogens is 182 g/mol. The van der Waals surface area contributed by atoms with Gasteiger partial charge in [-0.15, -0.1) is 0 Å². The van der Waals surface area contributed by atoms with Gasteiger partial charge in [-0.1, -0.05) is 0 Å². The first-order chi connectivity index (χ1) is 6.72. The Bertz CT molecular complexity index is 341. The zero-order valence-corrected chi connectivity index (χ0v) is 8.03. The first-order valence-electron chi connectivity index (χ1n) is 4.66. The average molecular weight is 195 g/mol. The van der Waals surface area contributed by atoms with Gasteiger partial charge in [0.1, 0.15) is 5.76 Å². The van der Waals surface area contributed by atoms with Crippen LogP contribution in [-0.4, -0.2) is 13.1 Å². The fourth-order valence-electron chi connectivity index (χ4n) is 1.43. The second kappa shape index (κ2) is 3.46. The SMILES string of the molecule is COC(=O)c1ccc(C(N)C2CC2)o1. The molecule has 1 aromatic heterocycles. The third kappa shape index (κ3) is 1.65. The number of rotatable bonds is 3. The molecule has 0 radical (unpaired) electrons. The molecule has 14 heavy (non-hydrogen) atoms. The molecule has 1 atom stereocenters. The van der Waals surface area contributed by atoms with Crippen LogP contribution in [0.25, 0.3) is 0 Å². The van der Waals surface area contributed by atoms with Gasteiger partial charge in [-0.2, -0.15) is 0 Å². The third-order valence-electron chi connectivity index (χ3n) is 2.47. The van der Waals surface area contributed by atoms with Crippen molar-refractivity contribution in [2.24, 2.45) is 11.7 Å². The van der Waals surface area contributed by atoms with Crippen LogP contribution in [0.5, 0.6) is 0 Å². The van der Waals surface area contributed by atoms with Crippen LogP contribution >= 0.6 is 0 Å². The summed E-state index contributed by atoms with van der Waals surface area (Å²) in [6.45, 7) is 0. The van der Waals surface area contributed by atoms with Crippen LogP contribution in [0, 0.1) is 5.92 Å². The minimum atomic E-state index is -0.459. The number of carbonyl (C=O) groups excluding carboxylic acids is 1. The van der Waals surface area contributed by atoms with E-state index >= 15 is 0 Å². The summed E-state index contributed by atoms with van der Waals surface area (Å²) in [6, 6.07) is 3.27. The topological polar surface area (TPSA) is 65.5 Å². The van der Waals surface area contributed by atoms with Crippen LogP contribution in [0.2, 0.25) is 0 Å². The van der Waals surface area contributed by atoms with Crippen molar-refractivity contribution in [2.45, 2.75) is 18.9 Å². The third-order valence-corrected chi connectivity index (χ3v) is 2.47. The zero-order chi connectivity index (χ0) is 10.1. The smallest absolute Gasteiger partial charge is 0.373 e. The Labute approximate surface area is 82.0 Å². The number of carbonyl (C=O) groups is 1. The Morgan fingerprint density at radius 2 is 2.36 bits per heavy atom. The Kier molecular flexibility index (Phi) is 2.29. The molecule has 1 fully saturated rings. The van der Waals surface area contributed by atoms with Gasteiger partial charge in [-0.25, -0.2) is 4.79 Å². The van der Waals surface area contributed by atoms with Gasteiger partial charge >= 0.3 is 5.97 Å². The first-order valence-corrected chi connectivity index (χ1v) is 4.66. The number of nitrogens with two attached hydrogens (primary N) is 1. The summed E-state index contributed by atoms with van der Waals surface area (Å²) in [5.74, 6) is 0.956. The van der Waals surface area contributed by atoms with E-state index in [-0.39, 0.29) is 11.8 Å². The molecule has 2 N–H and O–H groups in total. The summed E-state index contributed by atoms with van der Waals surface area (Å²) in [4.78, 5) is 11.1. The highest BCUT2D eigenvalue weighted by Gasteiger charge is 2.31. The number of hydrogen-bond acceptors (Lipinski definition) is 4. The predicted molar refractivity (Wildman–Crippen MR) is 49.7 cm³/mol. The maximum absolute atomic E-state index is 11.1. The number of ether oxygens (including phenoxy) is 1. The van der Waals surface area contributed by atoms with Crippen molar-refractivity contribution in [3.63, 3.8) is 0 Å². The molecule has 0 aromatic carbocycles. The number of methoxy groups -OCH3 is 1. The van der Waals surface area contributed by atoms with Crippen molar-refractivity contribution in [3.05, 3.63) is 23.7 Å². The lowest BCUT2D eigenvalue weighted by molar-refractivity contribution is 0.0562. The van der Waals surface area contributed by atoms with E-state index in [4.69, 9.17) is 10.2 Å². The minimum absolute atomic E-state index is 0.0755. The van der Waals surface area contributed by atoms with E-state index in [1.54, 1.807) is 12.1 Å². The molecule has 1 unspecified atom stereocenters. The van der Waals surface area contributed by atoms with Crippen molar-refractivity contribution in [3.8, 4) is 0 Å². The normalized spacial score (nSPS) is 17.9. The molecule has 76 valence electrons. The standard InChI is InChI=1S/C10H13NO3/c1-13-10(12)8-5-4-7(14-8)9(11)6-2-3-6/h4-6,9H,2-3,11H2,1H3. The molecule has 0 spiro atoms. The highest BCUT2D eigenvalue weighted by molar-refractivity contribution is 5.86. The Hall–Kier alpha value is -1.29. The van der Waals surface area contributed by atoms with Crippen molar-refractivity contribution in [1.29, 1.82) is 0 Å². The monoisotopic (exact) mass is 195 g/mol. The van der Waals surface area contributed by atoms with E-state index in [1.807, 2.05) is 0 Å². The Balaban J connectivity index is 2.12. The second-order valence-corrected chi connectivity index (χ2v) is 3.56. The summed E-state index contributed by atoms with van der Waals surface area (Å²) in [5, 5.41) is 0. The zero-order valence-electron chi connectivity index (χ0n) is 8.03. The van der Waals surface area contributed by atoms with Gasteiger partial charge in [0.2, 0.25) is 5.76 Å². The molecule has 1 saturated carbocycles. The van der Waals surface area contributed by atoms with E-state index in [0.29, 0.717) is 11.7 Å². The van der Waals surface area contributed by atoms with Gasteiger partial charge in [0.15, 0.2) is 0 Å². The lowest BCUT2D eigenvalue weighted by Crippen LogP contribution is -2.11. The van der Waals surface area contributed by atoms with Crippen molar-refractivity contribution in [1.82, 2.24) is 0 Å². The minimum Gasteiger partial charge on any atom is -0.463 e. The molecule has 0 bridgehead atoms. The predicted octanol–water partition coefficient (Wildman–Crippen LogP) is 1.48. The van der Waals surface area contributed by atoms with E-state index in [0.717, 1.165) is 12.8 Å². The summed E-state index contributed by atoms with van der Waals surface area (Å²) in [7, 11) is 1.32. The Morgan fingerprint density at radius 3 is 2.93 bits per heavy atom. The maximum Gasteiger partial charge on any atom is 0.373 e. The molecule has 0 saturated heterocycles. The van der Waals surface area contributed by atoms with Crippen molar-refractivity contribution in [2.75, 3.05) is 7.11 Å². The molecule has 4 nitrogen and oxygen atoms in total. The highest BCUT2D eigenvalue weighted by atomic mass is 16.5. The fourth-order valence-corrected chi connectivity index (χ4v) is 1.43. The van der Waals surface area contributed by atoms with Gasteiger partial charge in [-0.3, -0.25) is 0 Å². The van der Waals surface area contributed by atoms with Crippen LogP contribution in [0.1, 0.15) is 35.2 Å². The van der Waals surface area contributed by atoms with Crippen LogP contribution in [0.15, 0.2) is 16.5 Å². The van der Waals surface area contributed by atoms with Gasteiger partial charge in [0.25, 0.3) is 0 Å². The van der Waals surface area contributed by atoms with Crippen LogP contribution in [-0.2, 0) is 4.74 Å². The van der Waals surface area contributed by atoms with E-state index in [2.05, 4.69) is 4.74 Å². The van der Waals surface area contributed by atoms with E-state index < -0.39 is 5.97 Å². The first kappa shape index (κ1) is 9.27. The lowest BCUT2D eigenvalue weighted by atomic mass is 10.1. The summed E-state index contributed by atoms with van der Waals surface area (Å²) >= 11 is 0. The largest absolute Gasteiger partial charge is 0.463 e.